The summed E-state index contributed by atoms with van der Waals surface area (Å²) in [7, 11) is 0. The first-order valence-electron chi connectivity index (χ1n) is 9.11. The number of ether oxygens (including phenoxy) is 1. The van der Waals surface area contributed by atoms with Crippen LogP contribution < -0.4 is 5.32 Å². The normalized spacial score (nSPS) is 16.9. The van der Waals surface area contributed by atoms with Gasteiger partial charge >= 0.3 is 0 Å². The number of rotatable bonds is 7. The molecule has 1 aliphatic heterocycles. The average molecular weight is 373 g/mol. The van der Waals surface area contributed by atoms with Crippen LogP contribution >= 0.6 is 0 Å². The molecule has 27 heavy (non-hydrogen) atoms. The first-order valence-corrected chi connectivity index (χ1v) is 9.11. The van der Waals surface area contributed by atoms with Gasteiger partial charge in [0.2, 0.25) is 11.8 Å². The number of hydrogen-bond acceptors (Lipinski definition) is 3. The van der Waals surface area contributed by atoms with Crippen LogP contribution in [0.25, 0.3) is 0 Å². The molecule has 1 N–H and O–H groups in total. The zero-order valence-electron chi connectivity index (χ0n) is 15.1. The maximum Gasteiger partial charge on any atom is 0.224 e. The number of aryl methyl sites for hydroxylation is 1. The highest BCUT2D eigenvalue weighted by Gasteiger charge is 2.28. The third-order valence-electron chi connectivity index (χ3n) is 4.65. The van der Waals surface area contributed by atoms with E-state index in [0.717, 1.165) is 0 Å². The van der Waals surface area contributed by atoms with E-state index in [1.807, 2.05) is 29.1 Å². The average Bonchev–Trinajstić information content (AvgIpc) is 3.19. The van der Waals surface area contributed by atoms with Crippen molar-refractivity contribution in [2.24, 2.45) is 0 Å². The van der Waals surface area contributed by atoms with E-state index in [4.69, 9.17) is 4.74 Å². The SMILES string of the molecule is O=C(C[C@@H]1COCCN1C(=O)CCn1cccc1)NCc1ccccc1F. The van der Waals surface area contributed by atoms with Crippen LogP contribution in [0.5, 0.6) is 0 Å². The molecule has 1 aromatic heterocycles. The minimum Gasteiger partial charge on any atom is -0.377 e. The minimum atomic E-state index is -0.347. The summed E-state index contributed by atoms with van der Waals surface area (Å²) in [5.41, 5.74) is 0.436. The molecular formula is C20H24FN3O3. The Kier molecular flexibility index (Phi) is 6.59. The molecule has 0 radical (unpaired) electrons. The summed E-state index contributed by atoms with van der Waals surface area (Å²) in [5, 5.41) is 2.72. The molecule has 3 rings (SSSR count). The number of nitrogens with one attached hydrogen (secondary N) is 1. The highest BCUT2D eigenvalue weighted by Crippen LogP contribution is 2.13. The number of carbonyl (C=O) groups is 2. The van der Waals surface area contributed by atoms with Crippen molar-refractivity contribution in [1.29, 1.82) is 0 Å². The number of amides is 2. The largest absolute Gasteiger partial charge is 0.377 e. The molecule has 1 saturated heterocycles. The fourth-order valence-electron chi connectivity index (χ4n) is 3.16. The number of carbonyl (C=O) groups excluding carboxylic acids is 2. The highest BCUT2D eigenvalue weighted by atomic mass is 19.1. The van der Waals surface area contributed by atoms with Crippen LogP contribution in [0.3, 0.4) is 0 Å². The molecule has 2 aromatic rings. The number of benzene rings is 1. The second-order valence-electron chi connectivity index (χ2n) is 6.56. The van der Waals surface area contributed by atoms with Gasteiger partial charge < -0.3 is 19.5 Å². The number of halogens is 1. The van der Waals surface area contributed by atoms with E-state index in [1.165, 1.54) is 6.07 Å². The van der Waals surface area contributed by atoms with Crippen molar-refractivity contribution < 1.29 is 18.7 Å². The maximum atomic E-state index is 13.6. The summed E-state index contributed by atoms with van der Waals surface area (Å²) in [6, 6.07) is 9.88. The first-order chi connectivity index (χ1) is 13.1. The van der Waals surface area contributed by atoms with Gasteiger partial charge in [0.05, 0.1) is 19.3 Å². The van der Waals surface area contributed by atoms with Crippen LogP contribution in [-0.2, 0) is 27.4 Å². The van der Waals surface area contributed by atoms with Crippen LogP contribution in [0.15, 0.2) is 48.8 Å². The smallest absolute Gasteiger partial charge is 0.224 e. The number of aromatic nitrogens is 1. The van der Waals surface area contributed by atoms with Gasteiger partial charge in [-0.05, 0) is 18.2 Å². The molecule has 2 heterocycles. The quantitative estimate of drug-likeness (QED) is 0.807. The highest BCUT2D eigenvalue weighted by molar-refractivity contribution is 5.80. The van der Waals surface area contributed by atoms with E-state index in [0.29, 0.717) is 38.3 Å². The summed E-state index contributed by atoms with van der Waals surface area (Å²) in [6.07, 6.45) is 4.35. The molecular weight excluding hydrogens is 349 g/mol. The van der Waals surface area contributed by atoms with E-state index in [9.17, 15) is 14.0 Å². The fourth-order valence-corrected chi connectivity index (χ4v) is 3.16. The van der Waals surface area contributed by atoms with Crippen LogP contribution in [-0.4, -0.2) is 47.1 Å². The Morgan fingerprint density at radius 1 is 1.19 bits per heavy atom. The number of nitrogens with zero attached hydrogens (tertiary/aromatic N) is 2. The van der Waals surface area contributed by atoms with Crippen molar-refractivity contribution >= 4 is 11.8 Å². The van der Waals surface area contributed by atoms with Crippen LogP contribution in [0.4, 0.5) is 4.39 Å². The molecule has 0 saturated carbocycles. The van der Waals surface area contributed by atoms with Crippen LogP contribution in [0.2, 0.25) is 0 Å². The third kappa shape index (κ3) is 5.40. The molecule has 1 aromatic carbocycles. The van der Waals surface area contributed by atoms with Crippen molar-refractivity contribution in [2.75, 3.05) is 19.8 Å². The van der Waals surface area contributed by atoms with E-state index >= 15 is 0 Å². The lowest BCUT2D eigenvalue weighted by molar-refractivity contribution is -0.141. The van der Waals surface area contributed by atoms with Crippen molar-refractivity contribution in [3.8, 4) is 0 Å². The van der Waals surface area contributed by atoms with Crippen LogP contribution in [0.1, 0.15) is 18.4 Å². The number of morpholine rings is 1. The Morgan fingerprint density at radius 3 is 2.74 bits per heavy atom. The summed E-state index contributed by atoms with van der Waals surface area (Å²) < 4.78 is 21.1. The molecule has 1 fully saturated rings. The summed E-state index contributed by atoms with van der Waals surface area (Å²) in [6.45, 7) is 2.02. The summed E-state index contributed by atoms with van der Waals surface area (Å²) in [4.78, 5) is 26.6. The lowest BCUT2D eigenvalue weighted by atomic mass is 10.1. The van der Waals surface area contributed by atoms with Gasteiger partial charge in [0.25, 0.3) is 0 Å². The monoisotopic (exact) mass is 373 g/mol. The molecule has 2 amide bonds. The van der Waals surface area contributed by atoms with E-state index in [-0.39, 0.29) is 36.6 Å². The Hall–Kier alpha value is -2.67. The predicted molar refractivity (Wildman–Crippen MR) is 98.2 cm³/mol. The van der Waals surface area contributed by atoms with Gasteiger partial charge in [-0.1, -0.05) is 18.2 Å². The minimum absolute atomic E-state index is 0.0129. The molecule has 0 spiro atoms. The van der Waals surface area contributed by atoms with Gasteiger partial charge in [0.1, 0.15) is 5.82 Å². The maximum absolute atomic E-state index is 13.6. The molecule has 0 bridgehead atoms. The van der Waals surface area contributed by atoms with E-state index < -0.39 is 0 Å². The van der Waals surface area contributed by atoms with E-state index in [1.54, 1.807) is 23.1 Å². The second-order valence-corrected chi connectivity index (χ2v) is 6.56. The predicted octanol–water partition coefficient (Wildman–Crippen LogP) is 1.95. The first kappa shape index (κ1) is 19.1. The lowest BCUT2D eigenvalue weighted by Gasteiger charge is -2.35. The van der Waals surface area contributed by atoms with Crippen molar-refractivity contribution in [1.82, 2.24) is 14.8 Å². The van der Waals surface area contributed by atoms with Gasteiger partial charge in [-0.3, -0.25) is 9.59 Å². The molecule has 1 aliphatic rings. The zero-order valence-corrected chi connectivity index (χ0v) is 15.1. The van der Waals surface area contributed by atoms with Crippen molar-refractivity contribution in [3.05, 3.63) is 60.2 Å². The van der Waals surface area contributed by atoms with Crippen molar-refractivity contribution in [2.45, 2.75) is 32.0 Å². The van der Waals surface area contributed by atoms with Crippen molar-refractivity contribution in [3.63, 3.8) is 0 Å². The molecule has 6 nitrogen and oxygen atoms in total. The Bertz CT molecular complexity index is 764. The standard InChI is InChI=1S/C20H24FN3O3/c21-18-6-2-1-5-16(18)14-22-19(25)13-17-15-27-12-11-24(17)20(26)7-10-23-8-3-4-9-23/h1-6,8-9,17H,7,10-15H2,(H,22,25)/t17-/m1/s1. The third-order valence-corrected chi connectivity index (χ3v) is 4.65. The fraction of sp³-hybridized carbons (Fsp3) is 0.400. The summed E-state index contributed by atoms with van der Waals surface area (Å²) in [5.74, 6) is -0.559. The summed E-state index contributed by atoms with van der Waals surface area (Å²) >= 11 is 0. The topological polar surface area (TPSA) is 63.6 Å². The Labute approximate surface area is 157 Å². The molecule has 144 valence electrons. The van der Waals surface area contributed by atoms with Gasteiger partial charge in [-0.25, -0.2) is 4.39 Å². The van der Waals surface area contributed by atoms with Crippen LogP contribution in [0, 0.1) is 5.82 Å². The molecule has 1 atom stereocenters. The zero-order chi connectivity index (χ0) is 19.1. The Morgan fingerprint density at radius 2 is 1.96 bits per heavy atom. The second kappa shape index (κ2) is 9.32. The Balaban J connectivity index is 1.51. The van der Waals surface area contributed by atoms with E-state index in [2.05, 4.69) is 5.32 Å². The number of hydrogen-bond donors (Lipinski definition) is 1. The molecule has 7 heteroatoms. The lowest BCUT2D eigenvalue weighted by Crippen LogP contribution is -2.50. The molecule has 0 aliphatic carbocycles. The van der Waals surface area contributed by atoms with Gasteiger partial charge in [0.15, 0.2) is 0 Å². The van der Waals surface area contributed by atoms with Gasteiger partial charge in [-0.15, -0.1) is 0 Å². The molecule has 0 unspecified atom stereocenters. The van der Waals surface area contributed by atoms with Gasteiger partial charge in [-0.2, -0.15) is 0 Å². The van der Waals surface area contributed by atoms with Gasteiger partial charge in [0, 0.05) is 50.4 Å².